The first-order chi connectivity index (χ1) is 12.9. The SMILES string of the molecule is NC(CCC(=O)C1CCN(O)C1(O)C(=O)O)C(=O)C1CCN(O)C1(O)C(=O)O. The van der Waals surface area contributed by atoms with Gasteiger partial charge < -0.3 is 36.6 Å². The molecule has 2 rings (SSSR count). The van der Waals surface area contributed by atoms with Gasteiger partial charge in [-0.05, 0) is 19.3 Å². The summed E-state index contributed by atoms with van der Waals surface area (Å²) in [5.41, 5.74) is 0.112. The van der Waals surface area contributed by atoms with E-state index in [0.717, 1.165) is 0 Å². The van der Waals surface area contributed by atoms with Crippen LogP contribution in [-0.4, -0.2) is 95.1 Å². The van der Waals surface area contributed by atoms with Gasteiger partial charge >= 0.3 is 11.9 Å². The Morgan fingerprint density at radius 3 is 1.82 bits per heavy atom. The highest BCUT2D eigenvalue weighted by atomic mass is 16.6. The maximum absolute atomic E-state index is 12.4. The van der Waals surface area contributed by atoms with Gasteiger partial charge in [0.05, 0.1) is 17.9 Å². The summed E-state index contributed by atoms with van der Waals surface area (Å²) in [7, 11) is 0. The molecular weight excluding hydrogens is 382 g/mol. The highest BCUT2D eigenvalue weighted by Crippen LogP contribution is 2.35. The first-order valence-electron chi connectivity index (χ1n) is 8.55. The van der Waals surface area contributed by atoms with Crippen molar-refractivity contribution in [2.24, 2.45) is 17.6 Å². The van der Waals surface area contributed by atoms with E-state index >= 15 is 0 Å². The lowest BCUT2D eigenvalue weighted by atomic mass is 9.85. The first-order valence-corrected chi connectivity index (χ1v) is 8.55. The zero-order valence-electron chi connectivity index (χ0n) is 14.8. The standard InChI is InChI=1S/C15H23N3O10/c16-9(11(20)8-4-6-18(28)15(8,26)13(23)24)1-2-10(19)7-3-5-17(27)14(7,25)12(21)22/h7-9,25-28H,1-6,16H2,(H,21,22)(H,23,24). The quantitative estimate of drug-likeness (QED) is 0.217. The smallest absolute Gasteiger partial charge is 0.354 e. The van der Waals surface area contributed by atoms with Gasteiger partial charge in [-0.2, -0.15) is 0 Å². The average molecular weight is 405 g/mol. The molecule has 2 heterocycles. The maximum atomic E-state index is 12.4. The second-order valence-electron chi connectivity index (χ2n) is 7.01. The summed E-state index contributed by atoms with van der Waals surface area (Å²) < 4.78 is 0. The van der Waals surface area contributed by atoms with Crippen molar-refractivity contribution in [2.75, 3.05) is 13.1 Å². The molecule has 0 amide bonds. The third-order valence-electron chi connectivity index (χ3n) is 5.45. The maximum Gasteiger partial charge on any atom is 0.354 e. The predicted octanol–water partition coefficient (Wildman–Crippen LogP) is -2.80. The third kappa shape index (κ3) is 3.41. The molecule has 2 saturated heterocycles. The number of carbonyl (C=O) groups excluding carboxylic acids is 2. The minimum atomic E-state index is -2.83. The Morgan fingerprint density at radius 2 is 1.36 bits per heavy atom. The number of nitrogens with zero attached hydrogens (tertiary/aromatic N) is 2. The lowest BCUT2D eigenvalue weighted by Crippen LogP contribution is -2.57. The molecule has 13 heteroatoms. The largest absolute Gasteiger partial charge is 0.478 e. The minimum Gasteiger partial charge on any atom is -0.478 e. The van der Waals surface area contributed by atoms with E-state index in [1.165, 1.54) is 0 Å². The third-order valence-corrected chi connectivity index (χ3v) is 5.45. The highest BCUT2D eigenvalue weighted by Gasteiger charge is 2.58. The number of aliphatic carboxylic acids is 2. The normalized spacial score (nSPS) is 35.0. The summed E-state index contributed by atoms with van der Waals surface area (Å²) in [5, 5.41) is 57.9. The molecule has 2 fully saturated rings. The number of aliphatic hydroxyl groups is 2. The molecule has 5 atom stereocenters. The van der Waals surface area contributed by atoms with E-state index in [2.05, 4.69) is 0 Å². The summed E-state index contributed by atoms with van der Waals surface area (Å²) in [4.78, 5) is 47.3. The van der Waals surface area contributed by atoms with E-state index in [1.54, 1.807) is 0 Å². The number of Topliss-reactive ketones (excluding diaryl/α,β-unsaturated/α-hetero) is 2. The molecule has 28 heavy (non-hydrogen) atoms. The molecule has 0 aromatic heterocycles. The summed E-state index contributed by atoms with van der Waals surface area (Å²) in [5.74, 6) is -8.20. The minimum absolute atomic E-state index is 0.123. The van der Waals surface area contributed by atoms with Crippen LogP contribution in [0.5, 0.6) is 0 Å². The van der Waals surface area contributed by atoms with Crippen LogP contribution < -0.4 is 5.73 Å². The molecule has 8 N–H and O–H groups in total. The van der Waals surface area contributed by atoms with Crippen molar-refractivity contribution in [1.82, 2.24) is 10.1 Å². The Kier molecular flexibility index (Phi) is 6.20. The van der Waals surface area contributed by atoms with Crippen molar-refractivity contribution in [3.63, 3.8) is 0 Å². The second kappa shape index (κ2) is 7.79. The summed E-state index contributed by atoms with van der Waals surface area (Å²) in [6.45, 7) is -0.519. The van der Waals surface area contributed by atoms with Crippen LogP contribution in [0.15, 0.2) is 0 Å². The molecule has 2 aliphatic rings. The van der Waals surface area contributed by atoms with Crippen molar-refractivity contribution >= 4 is 23.5 Å². The van der Waals surface area contributed by atoms with Crippen LogP contribution in [0.2, 0.25) is 0 Å². The van der Waals surface area contributed by atoms with Crippen LogP contribution in [0.3, 0.4) is 0 Å². The second-order valence-corrected chi connectivity index (χ2v) is 7.01. The Labute approximate surface area is 158 Å². The van der Waals surface area contributed by atoms with Crippen LogP contribution in [0.4, 0.5) is 0 Å². The molecule has 0 radical (unpaired) electrons. The molecule has 0 aromatic rings. The van der Waals surface area contributed by atoms with Gasteiger partial charge in [-0.25, -0.2) is 9.59 Å². The van der Waals surface area contributed by atoms with E-state index in [0.29, 0.717) is 0 Å². The van der Waals surface area contributed by atoms with Gasteiger partial charge in [0, 0.05) is 19.5 Å². The Morgan fingerprint density at radius 1 is 0.929 bits per heavy atom. The molecule has 5 unspecified atom stereocenters. The highest BCUT2D eigenvalue weighted by molar-refractivity contribution is 5.94. The lowest BCUT2D eigenvalue weighted by Gasteiger charge is -2.30. The van der Waals surface area contributed by atoms with Gasteiger partial charge in [0.25, 0.3) is 0 Å². The number of carboxylic acid groups (broad SMARTS) is 2. The number of nitrogens with two attached hydrogens (primary N) is 1. The Balaban J connectivity index is 2.03. The predicted molar refractivity (Wildman–Crippen MR) is 85.6 cm³/mol. The van der Waals surface area contributed by atoms with Crippen molar-refractivity contribution in [3.8, 4) is 0 Å². The summed E-state index contributed by atoms with van der Waals surface area (Å²) in [6, 6.07) is -1.36. The van der Waals surface area contributed by atoms with Gasteiger partial charge in [0.1, 0.15) is 5.78 Å². The van der Waals surface area contributed by atoms with Crippen molar-refractivity contribution in [2.45, 2.75) is 43.2 Å². The number of carbonyl (C=O) groups is 4. The van der Waals surface area contributed by atoms with Crippen molar-refractivity contribution < 1.29 is 50.0 Å². The van der Waals surface area contributed by atoms with E-state index in [-0.39, 0.29) is 42.5 Å². The molecule has 0 aliphatic carbocycles. The van der Waals surface area contributed by atoms with E-state index in [1.807, 2.05) is 0 Å². The summed E-state index contributed by atoms with van der Waals surface area (Å²) in [6.07, 6.45) is -1.00. The number of carboxylic acids is 2. The van der Waals surface area contributed by atoms with Gasteiger partial charge in [0.15, 0.2) is 5.78 Å². The fraction of sp³-hybridized carbons (Fsp3) is 0.733. The Bertz CT molecular complexity index is 687. The average Bonchev–Trinajstić information content (AvgIpc) is 3.11. The monoisotopic (exact) mass is 405 g/mol. The van der Waals surface area contributed by atoms with Crippen LogP contribution >= 0.6 is 0 Å². The van der Waals surface area contributed by atoms with E-state index in [4.69, 9.17) is 15.9 Å². The van der Waals surface area contributed by atoms with Gasteiger partial charge in [-0.3, -0.25) is 9.59 Å². The molecule has 0 bridgehead atoms. The van der Waals surface area contributed by atoms with Crippen LogP contribution in [0.25, 0.3) is 0 Å². The fourth-order valence-electron chi connectivity index (χ4n) is 3.72. The van der Waals surface area contributed by atoms with Gasteiger partial charge in [-0.1, -0.05) is 0 Å². The molecule has 158 valence electrons. The first kappa shape index (κ1) is 22.3. The molecular formula is C15H23N3O10. The number of hydrogen-bond acceptors (Lipinski definition) is 11. The van der Waals surface area contributed by atoms with Gasteiger partial charge in [0.2, 0.25) is 11.4 Å². The topological polar surface area (TPSA) is 222 Å². The van der Waals surface area contributed by atoms with Crippen LogP contribution in [-0.2, 0) is 19.2 Å². The molecule has 0 saturated carbocycles. The van der Waals surface area contributed by atoms with Crippen LogP contribution in [0.1, 0.15) is 25.7 Å². The number of ketones is 2. The van der Waals surface area contributed by atoms with Crippen molar-refractivity contribution in [1.29, 1.82) is 0 Å². The zero-order valence-corrected chi connectivity index (χ0v) is 14.8. The van der Waals surface area contributed by atoms with E-state index < -0.39 is 59.3 Å². The number of hydrogen-bond donors (Lipinski definition) is 7. The lowest BCUT2D eigenvalue weighted by molar-refractivity contribution is -0.253. The fourth-order valence-corrected chi connectivity index (χ4v) is 3.72. The number of hydroxylamine groups is 4. The van der Waals surface area contributed by atoms with E-state index in [9.17, 15) is 39.8 Å². The van der Waals surface area contributed by atoms with Gasteiger partial charge in [-0.15, -0.1) is 10.1 Å². The molecule has 2 aliphatic heterocycles. The Hall–Kier alpha value is -2.00. The molecule has 0 aromatic carbocycles. The zero-order chi connectivity index (χ0) is 21.4. The molecule has 13 nitrogen and oxygen atoms in total. The number of rotatable bonds is 8. The molecule has 0 spiro atoms. The van der Waals surface area contributed by atoms with Crippen molar-refractivity contribution in [3.05, 3.63) is 0 Å². The van der Waals surface area contributed by atoms with Crippen LogP contribution in [0, 0.1) is 11.8 Å². The summed E-state index contributed by atoms with van der Waals surface area (Å²) >= 11 is 0.